The molecule has 4 aromatic carbocycles. The third-order valence-electron chi connectivity index (χ3n) is 10.5. The van der Waals surface area contributed by atoms with E-state index in [4.69, 9.17) is 32.7 Å². The first-order valence-corrected chi connectivity index (χ1v) is 21.2. The van der Waals surface area contributed by atoms with Crippen molar-refractivity contribution in [3.05, 3.63) is 106 Å². The molecule has 4 aromatic rings. The summed E-state index contributed by atoms with van der Waals surface area (Å²) in [6.07, 6.45) is 8.10. The normalized spacial score (nSPS) is 15.2. The van der Waals surface area contributed by atoms with Gasteiger partial charge in [-0.1, -0.05) is 83.5 Å². The molecule has 10 nitrogen and oxygen atoms in total. The molecule has 0 aromatic heterocycles. The van der Waals surface area contributed by atoms with E-state index in [0.29, 0.717) is 119 Å². The number of carboxylic acids is 2. The molecular formula is C46H46Cl2N2O8S. The van der Waals surface area contributed by atoms with Crippen LogP contribution < -0.4 is 9.47 Å². The van der Waals surface area contributed by atoms with Gasteiger partial charge in [0.25, 0.3) is 0 Å². The van der Waals surface area contributed by atoms with Gasteiger partial charge in [0.1, 0.15) is 11.5 Å². The summed E-state index contributed by atoms with van der Waals surface area (Å²) < 4.78 is 12.1. The lowest BCUT2D eigenvalue weighted by molar-refractivity contribution is -0.145. The number of ether oxygens (including phenoxy) is 2. The predicted molar refractivity (Wildman–Crippen MR) is 232 cm³/mol. The van der Waals surface area contributed by atoms with Crippen LogP contribution in [0.2, 0.25) is 10.0 Å². The smallest absolute Gasteiger partial charge is 0.306 e. The van der Waals surface area contributed by atoms with Crippen LogP contribution >= 0.6 is 35.0 Å². The van der Waals surface area contributed by atoms with Crippen LogP contribution in [0.25, 0.3) is 34.4 Å². The summed E-state index contributed by atoms with van der Waals surface area (Å²) in [6.45, 7) is 6.13. The van der Waals surface area contributed by atoms with Crippen LogP contribution in [-0.2, 0) is 19.2 Å². The maximum atomic E-state index is 13.3. The lowest BCUT2D eigenvalue weighted by Crippen LogP contribution is -2.39. The topological polar surface area (TPSA) is 134 Å². The molecule has 59 heavy (non-hydrogen) atoms. The first-order chi connectivity index (χ1) is 28.5. The van der Waals surface area contributed by atoms with E-state index in [0.717, 1.165) is 11.1 Å². The molecule has 2 saturated heterocycles. The van der Waals surface area contributed by atoms with Crippen molar-refractivity contribution >= 4 is 70.9 Å². The van der Waals surface area contributed by atoms with Gasteiger partial charge in [-0.2, -0.15) is 0 Å². The molecule has 308 valence electrons. The van der Waals surface area contributed by atoms with E-state index >= 15 is 0 Å². The average Bonchev–Trinajstić information content (AvgIpc) is 3.24. The zero-order valence-corrected chi connectivity index (χ0v) is 35.2. The quantitative estimate of drug-likeness (QED) is 0.119. The van der Waals surface area contributed by atoms with Gasteiger partial charge in [0.15, 0.2) is 0 Å². The van der Waals surface area contributed by atoms with Crippen molar-refractivity contribution < 1.29 is 38.9 Å². The summed E-state index contributed by atoms with van der Waals surface area (Å²) in [6, 6.07) is 22.7. The van der Waals surface area contributed by atoms with Gasteiger partial charge >= 0.3 is 11.9 Å². The van der Waals surface area contributed by atoms with Crippen molar-refractivity contribution in [2.75, 3.05) is 39.4 Å². The van der Waals surface area contributed by atoms with E-state index in [9.17, 15) is 29.4 Å². The van der Waals surface area contributed by atoms with Crippen LogP contribution in [0.1, 0.15) is 50.7 Å². The largest absolute Gasteiger partial charge is 0.493 e. The van der Waals surface area contributed by atoms with E-state index in [-0.39, 0.29) is 11.8 Å². The number of para-hydroxylation sites is 2. The molecule has 2 aliphatic heterocycles. The van der Waals surface area contributed by atoms with E-state index in [2.05, 4.69) is 0 Å². The van der Waals surface area contributed by atoms with E-state index < -0.39 is 23.8 Å². The van der Waals surface area contributed by atoms with Gasteiger partial charge in [-0.05, 0) is 87.1 Å². The molecule has 2 fully saturated rings. The number of halogens is 2. The number of carbonyl (C=O) groups excluding carboxylic acids is 2. The molecule has 2 amide bonds. The molecule has 13 heteroatoms. The maximum Gasteiger partial charge on any atom is 0.306 e. The van der Waals surface area contributed by atoms with E-state index in [1.165, 1.54) is 23.9 Å². The molecule has 0 aliphatic carbocycles. The van der Waals surface area contributed by atoms with Crippen molar-refractivity contribution in [2.45, 2.75) is 49.3 Å². The third-order valence-corrected chi connectivity index (χ3v) is 12.7. The Morgan fingerprint density at radius 1 is 0.627 bits per heavy atom. The molecule has 2 aliphatic rings. The molecule has 0 atom stereocenters. The Morgan fingerprint density at radius 3 is 1.36 bits per heavy atom. The van der Waals surface area contributed by atoms with E-state index in [1.807, 2.05) is 86.6 Å². The first kappa shape index (κ1) is 43.4. The number of nitrogens with zero attached hydrogens (tertiary/aromatic N) is 2. The maximum absolute atomic E-state index is 13.3. The van der Waals surface area contributed by atoms with Gasteiger partial charge in [0, 0.05) is 70.4 Å². The summed E-state index contributed by atoms with van der Waals surface area (Å²) in [4.78, 5) is 54.2. The summed E-state index contributed by atoms with van der Waals surface area (Å²) in [5.41, 5.74) is 4.19. The minimum atomic E-state index is -0.835. The van der Waals surface area contributed by atoms with Gasteiger partial charge in [-0.15, -0.1) is 0 Å². The summed E-state index contributed by atoms with van der Waals surface area (Å²) in [5, 5.41) is 19.6. The number of amides is 2. The average molecular weight is 858 g/mol. The first-order valence-electron chi connectivity index (χ1n) is 19.7. The standard InChI is InChI=1S/C46H46Cl2N2O8S/c1-3-57-35-11-7-5-9-33(35)41-29(15-19-39(51)49-25-21-31(22-26-49)45(53)54)13-17-37(43(41)47)59-38-18-14-30(16-20-40(52)50-27-23-32(24-28-50)46(55)56)42(44(38)48)34-10-6-8-12-36(34)58-4-2/h5-20,31-32H,3-4,21-28H2,1-2H3,(H,53,54)(H,55,56). The van der Waals surface area contributed by atoms with Gasteiger partial charge in [-0.25, -0.2) is 0 Å². The predicted octanol–water partition coefficient (Wildman–Crippen LogP) is 9.95. The Labute approximate surface area is 358 Å². The zero-order chi connectivity index (χ0) is 42.1. The Hall–Kier alpha value is -5.23. The molecule has 2 N–H and O–H groups in total. The second-order valence-electron chi connectivity index (χ2n) is 14.2. The van der Waals surface area contributed by atoms with Gasteiger partial charge < -0.3 is 29.5 Å². The van der Waals surface area contributed by atoms with Crippen LogP contribution in [0.15, 0.2) is 94.7 Å². The van der Waals surface area contributed by atoms with Crippen LogP contribution in [0.4, 0.5) is 0 Å². The summed E-state index contributed by atoms with van der Waals surface area (Å²) in [5.74, 6) is -1.74. The van der Waals surface area contributed by atoms with Crippen LogP contribution in [0.3, 0.4) is 0 Å². The number of rotatable bonds is 14. The van der Waals surface area contributed by atoms with Crippen molar-refractivity contribution in [3.8, 4) is 33.8 Å². The number of likely N-dealkylation sites (tertiary alicyclic amines) is 2. The third kappa shape index (κ3) is 10.3. The minimum absolute atomic E-state index is 0.210. The number of hydrogen-bond acceptors (Lipinski definition) is 7. The summed E-state index contributed by atoms with van der Waals surface area (Å²) >= 11 is 16.1. The monoisotopic (exact) mass is 856 g/mol. The SMILES string of the molecule is CCOc1ccccc1-c1c(C=CC(=O)N2CCC(C(=O)O)CC2)ccc(Sc2ccc(C=CC(=O)N3CCC(C(=O)O)CC3)c(-c3ccccc3OCC)c2Cl)c1Cl. The highest BCUT2D eigenvalue weighted by molar-refractivity contribution is 7.99. The summed E-state index contributed by atoms with van der Waals surface area (Å²) in [7, 11) is 0. The Morgan fingerprint density at radius 2 is 1.00 bits per heavy atom. The molecule has 0 saturated carbocycles. The number of carbonyl (C=O) groups is 4. The number of benzene rings is 4. The highest BCUT2D eigenvalue weighted by Gasteiger charge is 2.28. The molecule has 2 heterocycles. The second kappa shape index (κ2) is 20.2. The second-order valence-corrected chi connectivity index (χ2v) is 16.0. The fourth-order valence-electron chi connectivity index (χ4n) is 7.38. The fraction of sp³-hybridized carbons (Fsp3) is 0.304. The van der Waals surface area contributed by atoms with Crippen molar-refractivity contribution in [1.82, 2.24) is 9.80 Å². The molecular weight excluding hydrogens is 811 g/mol. The Kier molecular flexibility index (Phi) is 14.8. The van der Waals surface area contributed by atoms with Gasteiger partial charge in [-0.3, -0.25) is 19.2 Å². The van der Waals surface area contributed by atoms with Crippen LogP contribution in [0.5, 0.6) is 11.5 Å². The van der Waals surface area contributed by atoms with Gasteiger partial charge in [0.05, 0.1) is 35.1 Å². The Balaban J connectivity index is 1.37. The van der Waals surface area contributed by atoms with E-state index in [1.54, 1.807) is 22.0 Å². The lowest BCUT2D eigenvalue weighted by Gasteiger charge is -2.29. The molecule has 0 radical (unpaired) electrons. The van der Waals surface area contributed by atoms with Crippen molar-refractivity contribution in [3.63, 3.8) is 0 Å². The highest BCUT2D eigenvalue weighted by atomic mass is 35.5. The number of carboxylic acid groups (broad SMARTS) is 2. The van der Waals surface area contributed by atoms with Crippen molar-refractivity contribution in [2.24, 2.45) is 11.8 Å². The molecule has 0 unspecified atom stereocenters. The molecule has 6 rings (SSSR count). The lowest BCUT2D eigenvalue weighted by atomic mass is 9.96. The van der Waals surface area contributed by atoms with Crippen molar-refractivity contribution in [1.29, 1.82) is 0 Å². The fourth-order valence-corrected chi connectivity index (χ4v) is 9.05. The van der Waals surface area contributed by atoms with Gasteiger partial charge in [0.2, 0.25) is 11.8 Å². The molecule has 0 bridgehead atoms. The number of hydrogen-bond donors (Lipinski definition) is 2. The molecule has 0 spiro atoms. The Bertz CT molecular complexity index is 2100. The zero-order valence-electron chi connectivity index (χ0n) is 32.9. The van der Waals surface area contributed by atoms with Crippen LogP contribution in [-0.4, -0.2) is 83.2 Å². The minimum Gasteiger partial charge on any atom is -0.493 e. The number of piperidine rings is 2. The highest BCUT2D eigenvalue weighted by Crippen LogP contribution is 2.48. The van der Waals surface area contributed by atoms with Crippen LogP contribution in [0, 0.1) is 11.8 Å². The number of aliphatic carboxylic acids is 2.